The van der Waals surface area contributed by atoms with Gasteiger partial charge in [-0.05, 0) is 42.0 Å². The van der Waals surface area contributed by atoms with E-state index in [9.17, 15) is 10.4 Å². The molecule has 7 heteroatoms. The first-order valence-electron chi connectivity index (χ1n) is 7.78. The lowest BCUT2D eigenvalue weighted by Crippen LogP contribution is -1.99. The Hall–Kier alpha value is -3.79. The van der Waals surface area contributed by atoms with Gasteiger partial charge in [-0.3, -0.25) is 0 Å². The average Bonchev–Trinajstić information content (AvgIpc) is 3.10. The molecule has 130 valence electrons. The number of fused-ring (bicyclic) bond motifs is 1. The fourth-order valence-electron chi connectivity index (χ4n) is 2.28. The smallest absolute Gasteiger partial charge is 0.175 e. The minimum absolute atomic E-state index is 0.0147. The zero-order valence-corrected chi connectivity index (χ0v) is 14.0. The van der Waals surface area contributed by atoms with E-state index >= 15 is 0 Å². The summed E-state index contributed by atoms with van der Waals surface area (Å²) in [6.45, 7) is -0.243. The number of imidazole rings is 1. The molecule has 26 heavy (non-hydrogen) atoms. The van der Waals surface area contributed by atoms with Gasteiger partial charge in [-0.1, -0.05) is 17.3 Å². The van der Waals surface area contributed by atoms with Crippen molar-refractivity contribution < 1.29 is 14.7 Å². The van der Waals surface area contributed by atoms with Crippen LogP contribution in [0.5, 0.6) is 5.75 Å². The quantitative estimate of drug-likeness (QED) is 0.307. The number of oxime groups is 1. The van der Waals surface area contributed by atoms with Crippen LogP contribution < -0.4 is 4.74 Å². The number of nitriles is 1. The molecule has 2 aromatic carbocycles. The van der Waals surface area contributed by atoms with Crippen molar-refractivity contribution in [1.82, 2.24) is 9.97 Å². The largest absolute Gasteiger partial charge is 0.507 e. The maximum Gasteiger partial charge on any atom is 0.175 e. The van der Waals surface area contributed by atoms with E-state index in [4.69, 9.17) is 9.57 Å². The Morgan fingerprint density at radius 1 is 1.27 bits per heavy atom. The van der Waals surface area contributed by atoms with Crippen molar-refractivity contribution in [1.29, 1.82) is 5.26 Å². The summed E-state index contributed by atoms with van der Waals surface area (Å²) in [7, 11) is 1.59. The van der Waals surface area contributed by atoms with Crippen molar-refractivity contribution in [3.8, 4) is 11.8 Å². The Bertz CT molecular complexity index is 965. The van der Waals surface area contributed by atoms with E-state index in [0.717, 1.165) is 16.8 Å². The molecule has 1 aromatic heterocycles. The standard InChI is InChI=1S/C19H16N4O3/c1-25-14-8-6-13(7-9-14)11-21-26-12-18(24)15(10-20)19-22-16-4-2-3-5-17(16)23-19/h2-9,11,24H,12H2,1H3,(H,22,23)/b18-15+,21-11+. The van der Waals surface area contributed by atoms with Gasteiger partial charge in [-0.15, -0.1) is 0 Å². The van der Waals surface area contributed by atoms with Crippen molar-refractivity contribution in [2.24, 2.45) is 5.16 Å². The molecule has 2 N–H and O–H groups in total. The number of benzene rings is 2. The summed E-state index contributed by atoms with van der Waals surface area (Å²) in [6.07, 6.45) is 1.50. The van der Waals surface area contributed by atoms with Gasteiger partial charge in [0, 0.05) is 0 Å². The van der Waals surface area contributed by atoms with Gasteiger partial charge in [0.1, 0.15) is 17.4 Å². The fraction of sp³-hybridized carbons (Fsp3) is 0.105. The van der Waals surface area contributed by atoms with Crippen molar-refractivity contribution in [3.63, 3.8) is 0 Å². The number of rotatable bonds is 6. The number of H-pyrrole nitrogens is 1. The number of para-hydroxylation sites is 2. The second-order valence-electron chi connectivity index (χ2n) is 5.32. The summed E-state index contributed by atoms with van der Waals surface area (Å²) in [5.41, 5.74) is 2.32. The molecule has 7 nitrogen and oxygen atoms in total. The first kappa shape index (κ1) is 17.0. The van der Waals surface area contributed by atoms with Crippen LogP contribution >= 0.6 is 0 Å². The van der Waals surface area contributed by atoms with E-state index in [1.165, 1.54) is 6.21 Å². The summed E-state index contributed by atoms with van der Waals surface area (Å²) in [6, 6.07) is 16.5. The molecule has 0 aliphatic heterocycles. The number of ether oxygens (including phenoxy) is 1. The van der Waals surface area contributed by atoms with Gasteiger partial charge < -0.3 is 19.7 Å². The molecule has 0 spiro atoms. The number of nitrogens with one attached hydrogen (secondary N) is 1. The number of aliphatic hydroxyl groups is 1. The lowest BCUT2D eigenvalue weighted by molar-refractivity contribution is 0.139. The van der Waals surface area contributed by atoms with Gasteiger partial charge >= 0.3 is 0 Å². The molecule has 0 bridgehead atoms. The number of nitrogens with zero attached hydrogens (tertiary/aromatic N) is 3. The van der Waals surface area contributed by atoms with E-state index in [2.05, 4.69) is 15.1 Å². The van der Waals surface area contributed by atoms with E-state index in [1.54, 1.807) is 19.2 Å². The fourth-order valence-corrected chi connectivity index (χ4v) is 2.28. The molecule has 3 rings (SSSR count). The molecule has 0 atom stereocenters. The third-order valence-corrected chi connectivity index (χ3v) is 3.62. The number of aliphatic hydroxyl groups excluding tert-OH is 1. The Labute approximate surface area is 149 Å². The molecule has 0 radical (unpaired) electrons. The van der Waals surface area contributed by atoms with Crippen LogP contribution in [0.3, 0.4) is 0 Å². The van der Waals surface area contributed by atoms with Gasteiger partial charge in [0.25, 0.3) is 0 Å². The van der Waals surface area contributed by atoms with Crippen LogP contribution in [0.25, 0.3) is 16.6 Å². The molecule has 0 fully saturated rings. The highest BCUT2D eigenvalue weighted by molar-refractivity contribution is 5.82. The Balaban J connectivity index is 1.68. The highest BCUT2D eigenvalue weighted by Gasteiger charge is 2.13. The Morgan fingerprint density at radius 2 is 2.04 bits per heavy atom. The molecule has 0 unspecified atom stereocenters. The minimum atomic E-state index is -0.251. The summed E-state index contributed by atoms with van der Waals surface area (Å²) < 4.78 is 5.07. The van der Waals surface area contributed by atoms with Crippen LogP contribution in [-0.2, 0) is 4.84 Å². The third-order valence-electron chi connectivity index (χ3n) is 3.62. The molecule has 0 aliphatic carbocycles. The van der Waals surface area contributed by atoms with Gasteiger partial charge in [0.2, 0.25) is 0 Å². The first-order valence-corrected chi connectivity index (χ1v) is 7.78. The molecular weight excluding hydrogens is 332 g/mol. The number of aromatic amines is 1. The lowest BCUT2D eigenvalue weighted by atomic mass is 10.2. The lowest BCUT2D eigenvalue weighted by Gasteiger charge is -2.01. The van der Waals surface area contributed by atoms with Gasteiger partial charge in [0.05, 0.1) is 24.4 Å². The predicted molar refractivity (Wildman–Crippen MR) is 97.8 cm³/mol. The first-order chi connectivity index (χ1) is 12.7. The molecule has 0 saturated heterocycles. The number of hydrogen-bond acceptors (Lipinski definition) is 6. The number of allylic oxidation sites excluding steroid dienone is 1. The zero-order valence-electron chi connectivity index (χ0n) is 14.0. The normalized spacial score (nSPS) is 12.0. The SMILES string of the molecule is COc1ccc(/C=N/OC/C(O)=C(/C#N)c2nc3ccccc3[nH]2)cc1. The molecule has 0 amide bonds. The Morgan fingerprint density at radius 3 is 2.73 bits per heavy atom. The van der Waals surface area contributed by atoms with Crippen molar-refractivity contribution in [2.45, 2.75) is 0 Å². The highest BCUT2D eigenvalue weighted by Crippen LogP contribution is 2.18. The van der Waals surface area contributed by atoms with E-state index in [0.29, 0.717) is 5.52 Å². The number of hydrogen-bond donors (Lipinski definition) is 2. The van der Waals surface area contributed by atoms with Crippen LogP contribution in [0, 0.1) is 11.3 Å². The predicted octanol–water partition coefficient (Wildman–Crippen LogP) is 3.41. The maximum absolute atomic E-state index is 10.1. The summed E-state index contributed by atoms with van der Waals surface area (Å²) in [5.74, 6) is 0.778. The second kappa shape index (κ2) is 7.85. The van der Waals surface area contributed by atoms with E-state index in [1.807, 2.05) is 42.5 Å². The van der Waals surface area contributed by atoms with Crippen molar-refractivity contribution >= 4 is 22.8 Å². The van der Waals surface area contributed by atoms with Crippen molar-refractivity contribution in [3.05, 3.63) is 65.7 Å². The summed E-state index contributed by atoms with van der Waals surface area (Å²) in [4.78, 5) is 12.4. The van der Waals surface area contributed by atoms with E-state index in [-0.39, 0.29) is 23.8 Å². The Kier molecular flexibility index (Phi) is 5.15. The van der Waals surface area contributed by atoms with Crippen LogP contribution in [0.1, 0.15) is 11.4 Å². The summed E-state index contributed by atoms with van der Waals surface area (Å²) in [5, 5.41) is 23.3. The topological polar surface area (TPSA) is 104 Å². The zero-order chi connectivity index (χ0) is 18.4. The van der Waals surface area contributed by atoms with Crippen LogP contribution in [-0.4, -0.2) is 35.0 Å². The average molecular weight is 348 g/mol. The van der Waals surface area contributed by atoms with Crippen LogP contribution in [0.15, 0.2) is 59.4 Å². The van der Waals surface area contributed by atoms with Crippen LogP contribution in [0.2, 0.25) is 0 Å². The number of methoxy groups -OCH3 is 1. The molecule has 1 heterocycles. The van der Waals surface area contributed by atoms with Crippen LogP contribution in [0.4, 0.5) is 0 Å². The maximum atomic E-state index is 10.1. The van der Waals surface area contributed by atoms with E-state index < -0.39 is 0 Å². The molecule has 3 aromatic rings. The van der Waals surface area contributed by atoms with Gasteiger partial charge in [0.15, 0.2) is 18.2 Å². The molecule has 0 saturated carbocycles. The number of aromatic nitrogens is 2. The molecular formula is C19H16N4O3. The van der Waals surface area contributed by atoms with Gasteiger partial charge in [-0.25, -0.2) is 4.98 Å². The van der Waals surface area contributed by atoms with Crippen molar-refractivity contribution in [2.75, 3.05) is 13.7 Å². The summed E-state index contributed by atoms with van der Waals surface area (Å²) >= 11 is 0. The third kappa shape index (κ3) is 3.82. The minimum Gasteiger partial charge on any atom is -0.507 e. The van der Waals surface area contributed by atoms with Gasteiger partial charge in [-0.2, -0.15) is 5.26 Å². The molecule has 0 aliphatic rings. The monoisotopic (exact) mass is 348 g/mol. The highest BCUT2D eigenvalue weighted by atomic mass is 16.6. The second-order valence-corrected chi connectivity index (χ2v) is 5.32.